The normalized spacial score (nSPS) is 11.4. The van der Waals surface area contributed by atoms with Crippen LogP contribution in [0.2, 0.25) is 0 Å². The largest absolute Gasteiger partial charge is 0.377 e. The minimum atomic E-state index is -2.67. The van der Waals surface area contributed by atoms with Gasteiger partial charge in [-0.1, -0.05) is 10.3 Å². The van der Waals surface area contributed by atoms with E-state index >= 15 is 0 Å². The zero-order valence-electron chi connectivity index (χ0n) is 12.2. The minimum absolute atomic E-state index is 0.0265. The predicted octanol–water partition coefficient (Wildman–Crippen LogP) is 2.08. The molecule has 0 fully saturated rings. The van der Waals surface area contributed by atoms with E-state index in [1.54, 1.807) is 26.4 Å². The van der Waals surface area contributed by atoms with Gasteiger partial charge < -0.3 is 27.6 Å². The second-order valence-corrected chi connectivity index (χ2v) is 5.34. The average molecular weight is 332 g/mol. The Kier molecular flexibility index (Phi) is 6.75. The summed E-state index contributed by atoms with van der Waals surface area (Å²) >= 11 is 0. The predicted molar refractivity (Wildman–Crippen MR) is 73.0 cm³/mol. The Bertz CT molecular complexity index is 548. The van der Waals surface area contributed by atoms with Crippen LogP contribution in [0.15, 0.2) is 21.2 Å². The third-order valence-electron chi connectivity index (χ3n) is 2.46. The van der Waals surface area contributed by atoms with Crippen molar-refractivity contribution in [2.75, 3.05) is 14.2 Å². The molecular weight excluding hydrogens is 315 g/mol. The molecule has 0 bridgehead atoms. The van der Waals surface area contributed by atoms with Gasteiger partial charge in [0.25, 0.3) is 0 Å². The Labute approximate surface area is 127 Å². The number of aromatic nitrogens is 2. The molecule has 0 aromatic carbocycles. The average Bonchev–Trinajstić information content (AvgIpc) is 3.13. The molecule has 0 amide bonds. The molecule has 0 saturated heterocycles. The minimum Gasteiger partial charge on any atom is -0.377 e. The first-order valence-electron chi connectivity index (χ1n) is 6.37. The topological polar surface area (TPSA) is 106 Å². The van der Waals surface area contributed by atoms with Crippen LogP contribution in [0.1, 0.15) is 22.9 Å². The van der Waals surface area contributed by atoms with E-state index < -0.39 is 8.25 Å². The highest BCUT2D eigenvalue weighted by atomic mass is 31.1. The van der Waals surface area contributed by atoms with Gasteiger partial charge >= 0.3 is 8.25 Å². The van der Waals surface area contributed by atoms with Crippen molar-refractivity contribution in [3.63, 3.8) is 0 Å². The second kappa shape index (κ2) is 8.82. The van der Waals surface area contributed by atoms with E-state index in [2.05, 4.69) is 10.3 Å². The number of hydrogen-bond donors (Lipinski definition) is 0. The van der Waals surface area contributed by atoms with E-state index in [9.17, 15) is 4.57 Å². The zero-order chi connectivity index (χ0) is 15.8. The van der Waals surface area contributed by atoms with Gasteiger partial charge in [-0.2, -0.15) is 0 Å². The molecule has 0 aliphatic rings. The number of nitrogens with zero attached hydrogens (tertiary/aromatic N) is 2. The Hall–Kier alpha value is -1.51. The van der Waals surface area contributed by atoms with Gasteiger partial charge in [-0.05, 0) is 0 Å². The molecule has 2 aromatic rings. The van der Waals surface area contributed by atoms with Crippen molar-refractivity contribution in [3.05, 3.63) is 35.0 Å². The van der Waals surface area contributed by atoms with Crippen molar-refractivity contribution in [1.82, 2.24) is 10.3 Å². The highest BCUT2D eigenvalue weighted by Gasteiger charge is 2.09. The maximum absolute atomic E-state index is 11.6. The molecule has 0 unspecified atom stereocenters. The summed E-state index contributed by atoms with van der Waals surface area (Å²) in [6.07, 6.45) is 0. The van der Waals surface area contributed by atoms with Crippen LogP contribution >= 0.6 is 8.25 Å². The first-order chi connectivity index (χ1) is 10.7. The van der Waals surface area contributed by atoms with Gasteiger partial charge in [-0.15, -0.1) is 0 Å². The van der Waals surface area contributed by atoms with Gasteiger partial charge in [0.1, 0.15) is 37.8 Å². The van der Waals surface area contributed by atoms with Crippen LogP contribution in [-0.4, -0.2) is 24.5 Å². The summed E-state index contributed by atoms with van der Waals surface area (Å²) in [6, 6.07) is 3.32. The molecular formula is C12H17N2O7P. The van der Waals surface area contributed by atoms with E-state index in [4.69, 9.17) is 27.6 Å². The van der Waals surface area contributed by atoms with Crippen molar-refractivity contribution in [3.8, 4) is 0 Å². The fourth-order valence-electron chi connectivity index (χ4n) is 1.58. The second-order valence-electron chi connectivity index (χ2n) is 4.26. The Morgan fingerprint density at radius 2 is 1.36 bits per heavy atom. The summed E-state index contributed by atoms with van der Waals surface area (Å²) in [5.41, 5.74) is 1.02. The SMILES string of the molecule is COCc1cc(CO[PH](=O)OCc2cc(COC)on2)no1. The Balaban J connectivity index is 1.70. The number of ether oxygens (including phenoxy) is 2. The van der Waals surface area contributed by atoms with E-state index in [0.29, 0.717) is 36.1 Å². The van der Waals surface area contributed by atoms with Crippen molar-refractivity contribution in [1.29, 1.82) is 0 Å². The molecule has 2 aromatic heterocycles. The summed E-state index contributed by atoms with van der Waals surface area (Å²) in [6.45, 7) is 0.681. The van der Waals surface area contributed by atoms with Gasteiger partial charge in [-0.25, -0.2) is 0 Å². The smallest absolute Gasteiger partial charge is 0.319 e. The van der Waals surface area contributed by atoms with E-state index in [1.165, 1.54) is 0 Å². The van der Waals surface area contributed by atoms with E-state index in [1.807, 2.05) is 0 Å². The first kappa shape index (κ1) is 16.9. The fourth-order valence-corrected chi connectivity index (χ4v) is 2.19. The molecule has 22 heavy (non-hydrogen) atoms. The Morgan fingerprint density at radius 1 is 0.909 bits per heavy atom. The molecule has 9 nitrogen and oxygen atoms in total. The molecule has 0 radical (unpaired) electrons. The maximum atomic E-state index is 11.6. The summed E-state index contributed by atoms with van der Waals surface area (Å²) < 4.78 is 41.5. The van der Waals surface area contributed by atoms with Gasteiger partial charge in [0.15, 0.2) is 11.5 Å². The molecule has 0 atom stereocenters. The number of methoxy groups -OCH3 is 2. The van der Waals surface area contributed by atoms with Crippen LogP contribution in [0.5, 0.6) is 0 Å². The van der Waals surface area contributed by atoms with Crippen molar-refractivity contribution in [2.45, 2.75) is 26.4 Å². The zero-order valence-corrected chi connectivity index (χ0v) is 13.2. The molecule has 0 aliphatic heterocycles. The van der Waals surface area contributed by atoms with Gasteiger partial charge in [0.2, 0.25) is 0 Å². The fraction of sp³-hybridized carbons (Fsp3) is 0.500. The Morgan fingerprint density at radius 3 is 1.77 bits per heavy atom. The van der Waals surface area contributed by atoms with E-state index in [-0.39, 0.29) is 13.2 Å². The van der Waals surface area contributed by atoms with Crippen LogP contribution in [0, 0.1) is 0 Å². The molecule has 2 heterocycles. The molecule has 0 saturated carbocycles. The molecule has 122 valence electrons. The van der Waals surface area contributed by atoms with Crippen LogP contribution in [0.25, 0.3) is 0 Å². The molecule has 10 heteroatoms. The highest BCUT2D eigenvalue weighted by molar-refractivity contribution is 7.33. The summed E-state index contributed by atoms with van der Waals surface area (Å²) in [7, 11) is 0.431. The van der Waals surface area contributed by atoms with Gasteiger partial charge in [-0.3, -0.25) is 4.57 Å². The van der Waals surface area contributed by atoms with Crippen molar-refractivity contribution < 1.29 is 32.1 Å². The lowest BCUT2D eigenvalue weighted by molar-refractivity contribution is 0.154. The van der Waals surface area contributed by atoms with Crippen molar-refractivity contribution in [2.24, 2.45) is 0 Å². The molecule has 0 spiro atoms. The van der Waals surface area contributed by atoms with Crippen LogP contribution in [-0.2, 0) is 49.5 Å². The lowest BCUT2D eigenvalue weighted by Gasteiger charge is -2.01. The monoisotopic (exact) mass is 332 g/mol. The van der Waals surface area contributed by atoms with Crippen LogP contribution in [0.4, 0.5) is 0 Å². The number of rotatable bonds is 10. The highest BCUT2D eigenvalue weighted by Crippen LogP contribution is 2.27. The third-order valence-corrected chi connectivity index (χ3v) is 3.22. The molecule has 2 rings (SSSR count). The number of hydrogen-bond acceptors (Lipinski definition) is 9. The first-order valence-corrected chi connectivity index (χ1v) is 7.60. The lowest BCUT2D eigenvalue weighted by Crippen LogP contribution is -1.90. The maximum Gasteiger partial charge on any atom is 0.319 e. The van der Waals surface area contributed by atoms with Crippen molar-refractivity contribution >= 4 is 8.25 Å². The van der Waals surface area contributed by atoms with Crippen LogP contribution in [0.3, 0.4) is 0 Å². The van der Waals surface area contributed by atoms with Gasteiger partial charge in [0.05, 0.1) is 0 Å². The standard InChI is InChI=1S/C12H17N2O7P/c1-16-7-11-3-9(13-20-11)5-18-22(15)19-6-10-4-12(8-17-2)21-14-10/h3-4,22H,5-8H2,1-2H3. The lowest BCUT2D eigenvalue weighted by atomic mass is 10.4. The summed E-state index contributed by atoms with van der Waals surface area (Å²) in [5, 5.41) is 7.50. The van der Waals surface area contributed by atoms with E-state index in [0.717, 1.165) is 0 Å². The van der Waals surface area contributed by atoms with Crippen LogP contribution < -0.4 is 0 Å². The molecule has 0 aliphatic carbocycles. The quantitative estimate of drug-likeness (QED) is 0.604. The summed E-state index contributed by atoms with van der Waals surface area (Å²) in [4.78, 5) is 0. The van der Waals surface area contributed by atoms with Gasteiger partial charge in [0, 0.05) is 26.4 Å². The molecule has 0 N–H and O–H groups in total. The summed E-state index contributed by atoms with van der Waals surface area (Å²) in [5.74, 6) is 1.13. The third kappa shape index (κ3) is 5.36.